The third kappa shape index (κ3) is 3.80. The van der Waals surface area contributed by atoms with E-state index in [4.69, 9.17) is 0 Å². The summed E-state index contributed by atoms with van der Waals surface area (Å²) in [5.74, 6) is 0.568. The van der Waals surface area contributed by atoms with Gasteiger partial charge >= 0.3 is 0 Å². The Morgan fingerprint density at radius 3 is 2.84 bits per heavy atom. The van der Waals surface area contributed by atoms with Crippen LogP contribution in [0.4, 0.5) is 0 Å². The molecule has 1 aliphatic rings. The van der Waals surface area contributed by atoms with Crippen molar-refractivity contribution < 1.29 is 9.90 Å². The van der Waals surface area contributed by atoms with Crippen molar-refractivity contribution in [2.24, 2.45) is 5.92 Å². The number of amides is 1. The van der Waals surface area contributed by atoms with E-state index in [9.17, 15) is 9.90 Å². The first-order valence-electron chi connectivity index (χ1n) is 7.11. The van der Waals surface area contributed by atoms with Crippen LogP contribution in [0.5, 0.6) is 0 Å². The molecule has 2 N–H and O–H groups in total. The molecule has 2 atom stereocenters. The van der Waals surface area contributed by atoms with Crippen molar-refractivity contribution in [1.82, 2.24) is 15.1 Å². The van der Waals surface area contributed by atoms with E-state index >= 15 is 0 Å². The van der Waals surface area contributed by atoms with Crippen molar-refractivity contribution in [3.05, 3.63) is 18.5 Å². The van der Waals surface area contributed by atoms with E-state index in [0.717, 1.165) is 6.42 Å². The molecular formula is C14H23N3O2. The SMILES string of the molecule is CC(C(=O)NC(CO)CC1CCCC1)n1cccn1. The lowest BCUT2D eigenvalue weighted by atomic mass is 9.98. The first-order valence-corrected chi connectivity index (χ1v) is 7.11. The number of carbonyl (C=O) groups excluding carboxylic acids is 1. The number of nitrogens with zero attached hydrogens (tertiary/aromatic N) is 2. The topological polar surface area (TPSA) is 67.2 Å². The van der Waals surface area contributed by atoms with Gasteiger partial charge in [-0.15, -0.1) is 0 Å². The maximum atomic E-state index is 12.1. The third-order valence-corrected chi connectivity index (χ3v) is 3.96. The Kier molecular flexibility index (Phi) is 4.96. The monoisotopic (exact) mass is 265 g/mol. The Hall–Kier alpha value is -1.36. The molecule has 1 saturated carbocycles. The molecule has 1 aromatic heterocycles. The molecule has 0 aliphatic heterocycles. The highest BCUT2D eigenvalue weighted by molar-refractivity contribution is 5.80. The van der Waals surface area contributed by atoms with E-state index in [1.807, 2.05) is 6.92 Å². The second-order valence-electron chi connectivity index (χ2n) is 5.44. The standard InChI is InChI=1S/C14H23N3O2/c1-11(17-8-4-7-15-17)14(19)16-13(10-18)9-12-5-2-3-6-12/h4,7-8,11-13,18H,2-3,5-6,9-10H2,1H3,(H,16,19). The normalized spacial score (nSPS) is 19.3. The van der Waals surface area contributed by atoms with Crippen molar-refractivity contribution in [2.75, 3.05) is 6.61 Å². The van der Waals surface area contributed by atoms with Gasteiger partial charge in [-0.2, -0.15) is 5.10 Å². The van der Waals surface area contributed by atoms with E-state index in [2.05, 4.69) is 10.4 Å². The van der Waals surface area contributed by atoms with Crippen molar-refractivity contribution in [3.63, 3.8) is 0 Å². The Labute approximate surface area is 114 Å². The summed E-state index contributed by atoms with van der Waals surface area (Å²) in [6, 6.07) is 1.33. The summed E-state index contributed by atoms with van der Waals surface area (Å²) in [6.07, 6.45) is 9.32. The first kappa shape index (κ1) is 14.1. The molecule has 19 heavy (non-hydrogen) atoms. The number of aromatic nitrogens is 2. The van der Waals surface area contributed by atoms with E-state index < -0.39 is 0 Å². The maximum Gasteiger partial charge on any atom is 0.244 e. The molecule has 1 fully saturated rings. The van der Waals surface area contributed by atoms with Crippen LogP contribution in [-0.4, -0.2) is 33.4 Å². The summed E-state index contributed by atoms with van der Waals surface area (Å²) in [4.78, 5) is 12.1. The van der Waals surface area contributed by atoms with Crippen molar-refractivity contribution in [2.45, 2.75) is 51.1 Å². The molecule has 1 aliphatic carbocycles. The Morgan fingerprint density at radius 1 is 1.53 bits per heavy atom. The number of hydrogen-bond acceptors (Lipinski definition) is 3. The lowest BCUT2D eigenvalue weighted by Gasteiger charge is -2.22. The molecule has 2 unspecified atom stereocenters. The average molecular weight is 265 g/mol. The Balaban J connectivity index is 1.84. The quantitative estimate of drug-likeness (QED) is 0.819. The van der Waals surface area contributed by atoms with E-state index in [1.165, 1.54) is 25.7 Å². The Bertz CT molecular complexity index is 385. The summed E-state index contributed by atoms with van der Waals surface area (Å²) in [7, 11) is 0. The van der Waals surface area contributed by atoms with Crippen LogP contribution in [0.2, 0.25) is 0 Å². The zero-order valence-electron chi connectivity index (χ0n) is 11.5. The molecule has 0 saturated heterocycles. The smallest absolute Gasteiger partial charge is 0.244 e. The Morgan fingerprint density at radius 2 is 2.26 bits per heavy atom. The van der Waals surface area contributed by atoms with Gasteiger partial charge in [0.15, 0.2) is 0 Å². The molecule has 106 valence electrons. The number of hydrogen-bond donors (Lipinski definition) is 2. The highest BCUT2D eigenvalue weighted by atomic mass is 16.3. The molecule has 0 spiro atoms. The highest BCUT2D eigenvalue weighted by Gasteiger charge is 2.23. The van der Waals surface area contributed by atoms with Crippen LogP contribution in [0.1, 0.15) is 45.1 Å². The highest BCUT2D eigenvalue weighted by Crippen LogP contribution is 2.28. The predicted octanol–water partition coefficient (Wildman–Crippen LogP) is 1.50. The lowest BCUT2D eigenvalue weighted by Crippen LogP contribution is -2.42. The van der Waals surface area contributed by atoms with Gasteiger partial charge in [-0.3, -0.25) is 9.48 Å². The van der Waals surface area contributed by atoms with Crippen molar-refractivity contribution >= 4 is 5.91 Å². The van der Waals surface area contributed by atoms with Crippen LogP contribution >= 0.6 is 0 Å². The second kappa shape index (κ2) is 6.70. The van der Waals surface area contributed by atoms with E-state index in [0.29, 0.717) is 5.92 Å². The average Bonchev–Trinajstić information content (AvgIpc) is 3.09. The minimum Gasteiger partial charge on any atom is -0.394 e. The fourth-order valence-electron chi connectivity index (χ4n) is 2.78. The lowest BCUT2D eigenvalue weighted by molar-refractivity contribution is -0.125. The maximum absolute atomic E-state index is 12.1. The van der Waals surface area contributed by atoms with Crippen LogP contribution in [-0.2, 0) is 4.79 Å². The number of aliphatic hydroxyl groups is 1. The van der Waals surface area contributed by atoms with Crippen LogP contribution in [0, 0.1) is 5.92 Å². The first-order chi connectivity index (χ1) is 9.20. The summed E-state index contributed by atoms with van der Waals surface area (Å²) >= 11 is 0. The number of nitrogens with one attached hydrogen (secondary N) is 1. The zero-order chi connectivity index (χ0) is 13.7. The number of rotatable bonds is 6. The van der Waals surface area contributed by atoms with Gasteiger partial charge in [-0.05, 0) is 25.3 Å². The molecule has 1 heterocycles. The molecule has 5 nitrogen and oxygen atoms in total. The summed E-state index contributed by atoms with van der Waals surface area (Å²) < 4.78 is 1.62. The second-order valence-corrected chi connectivity index (χ2v) is 5.44. The van der Waals surface area contributed by atoms with Gasteiger partial charge in [0.05, 0.1) is 12.6 Å². The van der Waals surface area contributed by atoms with Crippen molar-refractivity contribution in [3.8, 4) is 0 Å². The van der Waals surface area contributed by atoms with E-state index in [1.54, 1.807) is 23.1 Å². The molecule has 1 amide bonds. The van der Waals surface area contributed by atoms with Gasteiger partial charge in [0.25, 0.3) is 0 Å². The third-order valence-electron chi connectivity index (χ3n) is 3.96. The fraction of sp³-hybridized carbons (Fsp3) is 0.714. The number of aliphatic hydroxyl groups excluding tert-OH is 1. The minimum atomic E-state index is -0.340. The van der Waals surface area contributed by atoms with Crippen LogP contribution < -0.4 is 5.32 Å². The largest absolute Gasteiger partial charge is 0.394 e. The molecule has 5 heteroatoms. The summed E-state index contributed by atoms with van der Waals surface area (Å²) in [5.41, 5.74) is 0. The van der Waals surface area contributed by atoms with Gasteiger partial charge in [-0.1, -0.05) is 25.7 Å². The molecule has 0 aromatic carbocycles. The molecule has 0 bridgehead atoms. The number of carbonyl (C=O) groups is 1. The summed E-state index contributed by atoms with van der Waals surface area (Å²) in [5, 5.41) is 16.4. The van der Waals surface area contributed by atoms with Crippen molar-refractivity contribution in [1.29, 1.82) is 0 Å². The van der Waals surface area contributed by atoms with Gasteiger partial charge in [0.1, 0.15) is 6.04 Å². The molecular weight excluding hydrogens is 242 g/mol. The fourth-order valence-corrected chi connectivity index (χ4v) is 2.78. The molecule has 1 aromatic rings. The van der Waals surface area contributed by atoms with Crippen LogP contribution in [0.15, 0.2) is 18.5 Å². The van der Waals surface area contributed by atoms with Gasteiger partial charge in [0.2, 0.25) is 5.91 Å². The van der Waals surface area contributed by atoms with Gasteiger partial charge < -0.3 is 10.4 Å². The van der Waals surface area contributed by atoms with E-state index in [-0.39, 0.29) is 24.6 Å². The minimum absolute atomic E-state index is 0.00800. The molecule has 2 rings (SSSR count). The summed E-state index contributed by atoms with van der Waals surface area (Å²) in [6.45, 7) is 1.82. The van der Waals surface area contributed by atoms with Crippen LogP contribution in [0.25, 0.3) is 0 Å². The van der Waals surface area contributed by atoms with Gasteiger partial charge in [0, 0.05) is 12.4 Å². The zero-order valence-corrected chi connectivity index (χ0v) is 11.5. The van der Waals surface area contributed by atoms with Gasteiger partial charge in [-0.25, -0.2) is 0 Å². The predicted molar refractivity (Wildman–Crippen MR) is 72.5 cm³/mol. The molecule has 0 radical (unpaired) electrons. The van der Waals surface area contributed by atoms with Crippen LogP contribution in [0.3, 0.4) is 0 Å².